The van der Waals surface area contributed by atoms with Gasteiger partial charge in [-0.3, -0.25) is 4.79 Å². The monoisotopic (exact) mass is 477 g/mol. The van der Waals surface area contributed by atoms with Crippen molar-refractivity contribution in [2.75, 3.05) is 0 Å². The smallest absolute Gasteiger partial charge is 0.254 e. The number of nitrogens with zero attached hydrogens (tertiary/aromatic N) is 2. The van der Waals surface area contributed by atoms with E-state index in [1.54, 1.807) is 54.3 Å². The largest absolute Gasteiger partial charge is 0.330 e. The lowest BCUT2D eigenvalue weighted by Crippen LogP contribution is -2.31. The molecule has 1 amide bonds. The Bertz CT molecular complexity index is 1360. The Balaban J connectivity index is 1.67. The molecule has 1 N–H and O–H groups in total. The summed E-state index contributed by atoms with van der Waals surface area (Å²) >= 11 is 0. The van der Waals surface area contributed by atoms with Crippen LogP contribution in [0.5, 0.6) is 0 Å². The van der Waals surface area contributed by atoms with Crippen molar-refractivity contribution in [3.8, 4) is 6.07 Å². The molecule has 34 heavy (non-hydrogen) atoms. The van der Waals surface area contributed by atoms with Gasteiger partial charge in [-0.1, -0.05) is 30.3 Å². The highest BCUT2D eigenvalue weighted by Gasteiger charge is 2.29. The fourth-order valence-electron chi connectivity index (χ4n) is 3.62. The minimum atomic E-state index is -3.73. The van der Waals surface area contributed by atoms with Crippen LogP contribution in [0.15, 0.2) is 71.6 Å². The van der Waals surface area contributed by atoms with Crippen LogP contribution in [-0.2, 0) is 23.1 Å². The molecule has 3 aromatic rings. The number of nitriles is 1. The molecule has 0 aliphatic heterocycles. The molecule has 1 saturated carbocycles. The number of aryl methyl sites for hydroxylation is 1. The summed E-state index contributed by atoms with van der Waals surface area (Å²) in [5.41, 5.74) is 2.81. The van der Waals surface area contributed by atoms with Crippen molar-refractivity contribution in [1.82, 2.24) is 9.62 Å². The van der Waals surface area contributed by atoms with Gasteiger partial charge in [-0.05, 0) is 72.9 Å². The Labute approximate surface area is 198 Å². The molecule has 0 aromatic heterocycles. The lowest BCUT2D eigenvalue weighted by atomic mass is 10.1. The molecule has 1 aliphatic carbocycles. The number of carbonyl (C=O) groups excluding carboxylic acids is 1. The first-order chi connectivity index (χ1) is 16.2. The van der Waals surface area contributed by atoms with Crippen molar-refractivity contribution in [2.24, 2.45) is 0 Å². The normalized spacial score (nSPS) is 13.3. The van der Waals surface area contributed by atoms with Gasteiger partial charge in [-0.2, -0.15) is 5.26 Å². The average molecular weight is 478 g/mol. The third-order valence-electron chi connectivity index (χ3n) is 5.66. The van der Waals surface area contributed by atoms with Crippen molar-refractivity contribution >= 4 is 15.9 Å². The van der Waals surface area contributed by atoms with Gasteiger partial charge < -0.3 is 4.90 Å². The fraction of sp³-hybridized carbons (Fsp3) is 0.231. The molecule has 0 saturated heterocycles. The third kappa shape index (κ3) is 5.68. The molecule has 4 rings (SSSR count). The topological polar surface area (TPSA) is 90.3 Å². The van der Waals surface area contributed by atoms with Gasteiger partial charge in [0.05, 0.1) is 16.5 Å². The van der Waals surface area contributed by atoms with E-state index in [4.69, 9.17) is 5.26 Å². The summed E-state index contributed by atoms with van der Waals surface area (Å²) in [7, 11) is -3.73. The predicted molar refractivity (Wildman–Crippen MR) is 126 cm³/mol. The number of benzene rings is 3. The molecule has 0 unspecified atom stereocenters. The van der Waals surface area contributed by atoms with Gasteiger partial charge in [0.25, 0.3) is 5.91 Å². The van der Waals surface area contributed by atoms with Crippen molar-refractivity contribution < 1.29 is 17.6 Å². The molecule has 174 valence electrons. The number of hydrogen-bond acceptors (Lipinski definition) is 4. The van der Waals surface area contributed by atoms with E-state index in [1.165, 1.54) is 24.3 Å². The average Bonchev–Trinajstić information content (AvgIpc) is 3.62. The summed E-state index contributed by atoms with van der Waals surface area (Å²) in [6, 6.07) is 19.4. The zero-order valence-corrected chi connectivity index (χ0v) is 19.5. The Morgan fingerprint density at radius 1 is 1.06 bits per heavy atom. The Hall–Kier alpha value is -3.54. The van der Waals surface area contributed by atoms with Crippen LogP contribution < -0.4 is 4.72 Å². The summed E-state index contributed by atoms with van der Waals surface area (Å²) in [6.07, 6.45) is 1.62. The van der Waals surface area contributed by atoms with E-state index < -0.39 is 15.8 Å². The molecule has 0 spiro atoms. The van der Waals surface area contributed by atoms with Gasteiger partial charge in [-0.25, -0.2) is 17.5 Å². The van der Waals surface area contributed by atoms with Crippen LogP contribution in [-0.4, -0.2) is 25.3 Å². The lowest BCUT2D eigenvalue weighted by molar-refractivity contribution is 0.0729. The van der Waals surface area contributed by atoms with Gasteiger partial charge in [0.15, 0.2) is 0 Å². The minimum absolute atomic E-state index is 0.0393. The Kier molecular flexibility index (Phi) is 6.77. The molecular formula is C26H24FN3O3S. The van der Waals surface area contributed by atoms with Crippen LogP contribution in [0.3, 0.4) is 0 Å². The molecule has 0 heterocycles. The number of hydrogen-bond donors (Lipinski definition) is 1. The van der Waals surface area contributed by atoms with Crippen molar-refractivity contribution in [1.29, 1.82) is 5.26 Å². The highest BCUT2D eigenvalue weighted by Crippen LogP contribution is 2.24. The van der Waals surface area contributed by atoms with Crippen LogP contribution in [0, 0.1) is 24.1 Å². The van der Waals surface area contributed by atoms with Crippen LogP contribution in [0.4, 0.5) is 4.39 Å². The second-order valence-corrected chi connectivity index (χ2v) is 10.2. The molecule has 8 heteroatoms. The SMILES string of the molecule is Cc1ccc(S(=O)(=O)NC2CC2)cc1C(=O)N(Cc1ccc(C#N)cc1)Cc1cccc(F)c1. The molecule has 3 aromatic carbocycles. The molecule has 0 bridgehead atoms. The summed E-state index contributed by atoms with van der Waals surface area (Å²) < 4.78 is 41.9. The first-order valence-corrected chi connectivity index (χ1v) is 12.4. The van der Waals surface area contributed by atoms with Gasteiger partial charge in [-0.15, -0.1) is 0 Å². The standard InChI is InChI=1S/C26H24FN3O3S/c1-18-5-12-24(34(32,33)29-23-10-11-23)14-25(18)26(31)30(17-21-3-2-4-22(27)13-21)16-20-8-6-19(15-28)7-9-20/h2-9,12-14,23,29H,10-11,16-17H2,1H3. The van der Waals surface area contributed by atoms with Crippen LogP contribution in [0.25, 0.3) is 0 Å². The summed E-state index contributed by atoms with van der Waals surface area (Å²) in [6.45, 7) is 2.09. The third-order valence-corrected chi connectivity index (χ3v) is 7.17. The Morgan fingerprint density at radius 3 is 2.41 bits per heavy atom. The van der Waals surface area contributed by atoms with Gasteiger partial charge in [0.1, 0.15) is 5.82 Å². The quantitative estimate of drug-likeness (QED) is 0.524. The van der Waals surface area contributed by atoms with E-state index >= 15 is 0 Å². The van der Waals surface area contributed by atoms with Gasteiger partial charge >= 0.3 is 0 Å². The fourth-order valence-corrected chi connectivity index (χ4v) is 4.95. The van der Waals surface area contributed by atoms with Gasteiger partial charge in [0, 0.05) is 24.7 Å². The maximum absolute atomic E-state index is 13.8. The van der Waals surface area contributed by atoms with E-state index in [0.717, 1.165) is 18.4 Å². The maximum atomic E-state index is 13.8. The van der Waals surface area contributed by atoms with E-state index in [9.17, 15) is 17.6 Å². The zero-order valence-electron chi connectivity index (χ0n) is 18.7. The maximum Gasteiger partial charge on any atom is 0.254 e. The van der Waals surface area contributed by atoms with Crippen LogP contribution >= 0.6 is 0 Å². The second-order valence-electron chi connectivity index (χ2n) is 8.47. The molecule has 0 atom stereocenters. The van der Waals surface area contributed by atoms with E-state index in [0.29, 0.717) is 16.7 Å². The van der Waals surface area contributed by atoms with Crippen molar-refractivity contribution in [2.45, 2.75) is 43.8 Å². The Morgan fingerprint density at radius 2 is 1.76 bits per heavy atom. The zero-order chi connectivity index (χ0) is 24.3. The van der Waals surface area contributed by atoms with Crippen LogP contribution in [0.2, 0.25) is 0 Å². The number of nitrogens with one attached hydrogen (secondary N) is 1. The first kappa shape index (κ1) is 23.6. The molecule has 1 fully saturated rings. The number of rotatable bonds is 8. The number of sulfonamides is 1. The summed E-state index contributed by atoms with van der Waals surface area (Å²) in [5, 5.41) is 9.04. The molecule has 0 radical (unpaired) electrons. The second kappa shape index (κ2) is 9.75. The van der Waals surface area contributed by atoms with Crippen molar-refractivity contribution in [3.05, 3.63) is 100 Å². The van der Waals surface area contributed by atoms with E-state index in [-0.39, 0.29) is 35.5 Å². The predicted octanol–water partition coefficient (Wildman–Crippen LogP) is 4.29. The van der Waals surface area contributed by atoms with E-state index in [2.05, 4.69) is 10.8 Å². The van der Waals surface area contributed by atoms with Gasteiger partial charge in [0.2, 0.25) is 10.0 Å². The highest BCUT2D eigenvalue weighted by molar-refractivity contribution is 7.89. The highest BCUT2D eigenvalue weighted by atomic mass is 32.2. The summed E-state index contributed by atoms with van der Waals surface area (Å²) in [5.74, 6) is -0.770. The molecule has 6 nitrogen and oxygen atoms in total. The first-order valence-electron chi connectivity index (χ1n) is 10.9. The minimum Gasteiger partial charge on any atom is -0.330 e. The number of amides is 1. The van der Waals surface area contributed by atoms with E-state index in [1.807, 2.05) is 0 Å². The van der Waals surface area contributed by atoms with Crippen LogP contribution in [0.1, 0.15) is 45.5 Å². The number of carbonyl (C=O) groups is 1. The summed E-state index contributed by atoms with van der Waals surface area (Å²) in [4.78, 5) is 15.2. The molecular weight excluding hydrogens is 453 g/mol. The number of halogens is 1. The van der Waals surface area contributed by atoms with Crippen molar-refractivity contribution in [3.63, 3.8) is 0 Å². The lowest BCUT2D eigenvalue weighted by Gasteiger charge is -2.24. The molecule has 1 aliphatic rings.